The van der Waals surface area contributed by atoms with Crippen LogP contribution in [0.3, 0.4) is 0 Å². The lowest BCUT2D eigenvalue weighted by Gasteiger charge is -2.17. The molecule has 0 radical (unpaired) electrons. The number of ether oxygens (including phenoxy) is 1. The van der Waals surface area contributed by atoms with Crippen molar-refractivity contribution in [2.75, 3.05) is 13.2 Å². The van der Waals surface area contributed by atoms with Gasteiger partial charge in [-0.15, -0.1) is 6.42 Å². The number of esters is 1. The van der Waals surface area contributed by atoms with Crippen LogP contribution in [0, 0.1) is 18.3 Å². The van der Waals surface area contributed by atoms with E-state index in [1.807, 2.05) is 0 Å². The van der Waals surface area contributed by atoms with E-state index in [0.717, 1.165) is 0 Å². The Bertz CT molecular complexity index is 265. The Morgan fingerprint density at radius 2 is 2.62 bits per heavy atom. The van der Waals surface area contributed by atoms with Crippen LogP contribution >= 0.6 is 0 Å². The Labute approximate surface area is 77.2 Å². The van der Waals surface area contributed by atoms with Crippen LogP contribution in [-0.4, -0.2) is 25.0 Å². The highest BCUT2D eigenvalue weighted by molar-refractivity contribution is 5.83. The Morgan fingerprint density at radius 3 is 3.15 bits per heavy atom. The highest BCUT2D eigenvalue weighted by atomic mass is 16.5. The summed E-state index contributed by atoms with van der Waals surface area (Å²) >= 11 is 0. The zero-order valence-electron chi connectivity index (χ0n) is 7.32. The normalized spacial score (nSPS) is 21.5. The Kier molecular flexibility index (Phi) is 3.32. The minimum Gasteiger partial charge on any atom is -0.452 e. The monoisotopic (exact) mass is 180 g/mol. The van der Waals surface area contributed by atoms with Gasteiger partial charge in [0.25, 0.3) is 0 Å². The molecule has 0 saturated heterocycles. The van der Waals surface area contributed by atoms with E-state index in [2.05, 4.69) is 10.9 Å². The van der Waals surface area contributed by atoms with Crippen LogP contribution in [-0.2, 0) is 9.53 Å². The summed E-state index contributed by atoms with van der Waals surface area (Å²) in [5.41, 5.74) is 5.46. The highest BCUT2D eigenvalue weighted by Gasteiger charge is 2.22. The summed E-state index contributed by atoms with van der Waals surface area (Å²) in [7, 11) is 0. The molecular formula is C9H12N2O2. The smallest absolute Gasteiger partial charge is 0.311 e. The first kappa shape index (κ1) is 9.59. The number of terminal acetylenes is 1. The number of carbonyl (C=O) groups is 1. The fourth-order valence-corrected chi connectivity index (χ4v) is 1.14. The average Bonchev–Trinajstić information content (AvgIpc) is 2.15. The molecule has 1 rings (SSSR count). The molecule has 13 heavy (non-hydrogen) atoms. The van der Waals surface area contributed by atoms with Gasteiger partial charge >= 0.3 is 5.97 Å². The molecule has 1 aliphatic heterocycles. The number of hydrogen-bond acceptors (Lipinski definition) is 4. The van der Waals surface area contributed by atoms with Crippen molar-refractivity contribution in [3.05, 3.63) is 0 Å². The molecule has 0 fully saturated rings. The van der Waals surface area contributed by atoms with E-state index >= 15 is 0 Å². The predicted molar refractivity (Wildman–Crippen MR) is 49.0 cm³/mol. The SMILES string of the molecule is C#CCOC(=O)C1CCC(N)=NC1. The quantitative estimate of drug-likeness (QED) is 0.478. The van der Waals surface area contributed by atoms with Crippen molar-refractivity contribution in [3.63, 3.8) is 0 Å². The van der Waals surface area contributed by atoms with Gasteiger partial charge in [-0.25, -0.2) is 0 Å². The van der Waals surface area contributed by atoms with Crippen LogP contribution in [0.5, 0.6) is 0 Å². The Morgan fingerprint density at radius 1 is 1.85 bits per heavy atom. The summed E-state index contributed by atoms with van der Waals surface area (Å²) in [6.45, 7) is 0.462. The van der Waals surface area contributed by atoms with Crippen molar-refractivity contribution < 1.29 is 9.53 Å². The summed E-state index contributed by atoms with van der Waals surface area (Å²) in [5.74, 6) is 2.42. The largest absolute Gasteiger partial charge is 0.452 e. The second-order valence-corrected chi connectivity index (χ2v) is 2.88. The number of hydrogen-bond donors (Lipinski definition) is 1. The first-order valence-corrected chi connectivity index (χ1v) is 4.13. The summed E-state index contributed by atoms with van der Waals surface area (Å²) in [4.78, 5) is 15.2. The van der Waals surface area contributed by atoms with E-state index in [0.29, 0.717) is 25.2 Å². The topological polar surface area (TPSA) is 64.7 Å². The fraction of sp³-hybridized carbons (Fsp3) is 0.556. The lowest BCUT2D eigenvalue weighted by molar-refractivity contribution is -0.146. The van der Waals surface area contributed by atoms with Crippen LogP contribution in [0.2, 0.25) is 0 Å². The fourth-order valence-electron chi connectivity index (χ4n) is 1.14. The van der Waals surface area contributed by atoms with Gasteiger partial charge in [0, 0.05) is 6.42 Å². The molecule has 0 bridgehead atoms. The van der Waals surface area contributed by atoms with Gasteiger partial charge in [0.15, 0.2) is 6.61 Å². The first-order chi connectivity index (χ1) is 6.24. The van der Waals surface area contributed by atoms with Gasteiger partial charge in [-0.3, -0.25) is 9.79 Å². The lowest BCUT2D eigenvalue weighted by atomic mass is 10.0. The molecule has 2 N–H and O–H groups in total. The molecule has 0 aromatic carbocycles. The van der Waals surface area contributed by atoms with Crippen molar-refractivity contribution in [2.24, 2.45) is 16.6 Å². The standard InChI is InChI=1S/C9H12N2O2/c1-2-5-13-9(12)7-3-4-8(10)11-6-7/h1,7H,3-6H2,(H2,10,11). The number of amidine groups is 1. The zero-order chi connectivity index (χ0) is 9.68. The second kappa shape index (κ2) is 4.51. The Balaban J connectivity index is 2.38. The summed E-state index contributed by atoms with van der Waals surface area (Å²) in [6.07, 6.45) is 6.32. The van der Waals surface area contributed by atoms with Crippen molar-refractivity contribution >= 4 is 11.8 Å². The number of carbonyl (C=O) groups excluding carboxylic acids is 1. The minimum absolute atomic E-state index is 0.0362. The lowest BCUT2D eigenvalue weighted by Crippen LogP contribution is -2.28. The van der Waals surface area contributed by atoms with Crippen LogP contribution in [0.4, 0.5) is 0 Å². The van der Waals surface area contributed by atoms with Gasteiger partial charge in [-0.2, -0.15) is 0 Å². The highest BCUT2D eigenvalue weighted by Crippen LogP contribution is 2.13. The Hall–Kier alpha value is -1.50. The molecule has 1 unspecified atom stereocenters. The maximum atomic E-state index is 11.2. The van der Waals surface area contributed by atoms with Crippen molar-refractivity contribution in [3.8, 4) is 12.3 Å². The molecule has 0 aromatic heterocycles. The van der Waals surface area contributed by atoms with Gasteiger partial charge in [0.1, 0.15) is 0 Å². The second-order valence-electron chi connectivity index (χ2n) is 2.88. The van der Waals surface area contributed by atoms with Crippen LogP contribution in [0.1, 0.15) is 12.8 Å². The van der Waals surface area contributed by atoms with E-state index in [1.54, 1.807) is 0 Å². The summed E-state index contributed by atoms with van der Waals surface area (Å²) in [5, 5.41) is 0. The third kappa shape index (κ3) is 2.79. The van der Waals surface area contributed by atoms with E-state index in [9.17, 15) is 4.79 Å². The van der Waals surface area contributed by atoms with Crippen LogP contribution in [0.25, 0.3) is 0 Å². The van der Waals surface area contributed by atoms with Crippen molar-refractivity contribution in [2.45, 2.75) is 12.8 Å². The number of nitrogens with two attached hydrogens (primary N) is 1. The number of aliphatic imine (C=N–C) groups is 1. The minimum atomic E-state index is -0.269. The maximum absolute atomic E-state index is 11.2. The molecule has 4 nitrogen and oxygen atoms in total. The molecule has 70 valence electrons. The molecule has 1 aliphatic rings. The van der Waals surface area contributed by atoms with E-state index in [1.165, 1.54) is 0 Å². The molecule has 0 aromatic rings. The van der Waals surface area contributed by atoms with Gasteiger partial charge < -0.3 is 10.5 Å². The van der Waals surface area contributed by atoms with Crippen molar-refractivity contribution in [1.82, 2.24) is 0 Å². The molecule has 0 spiro atoms. The average molecular weight is 180 g/mol. The maximum Gasteiger partial charge on any atom is 0.311 e. The van der Waals surface area contributed by atoms with Gasteiger partial charge in [-0.1, -0.05) is 5.92 Å². The number of rotatable bonds is 2. The number of nitrogens with zero attached hydrogens (tertiary/aromatic N) is 1. The van der Waals surface area contributed by atoms with E-state index < -0.39 is 0 Å². The van der Waals surface area contributed by atoms with Gasteiger partial charge in [0.2, 0.25) is 0 Å². The molecule has 4 heteroatoms. The summed E-state index contributed by atoms with van der Waals surface area (Å²) < 4.78 is 4.78. The molecule has 0 aliphatic carbocycles. The molecule has 0 saturated carbocycles. The third-order valence-electron chi connectivity index (χ3n) is 1.89. The molecule has 0 amide bonds. The van der Waals surface area contributed by atoms with Gasteiger partial charge in [-0.05, 0) is 6.42 Å². The van der Waals surface area contributed by atoms with Crippen LogP contribution in [0.15, 0.2) is 4.99 Å². The predicted octanol–water partition coefficient (Wildman–Crippen LogP) is -0.0700. The van der Waals surface area contributed by atoms with Crippen molar-refractivity contribution in [1.29, 1.82) is 0 Å². The first-order valence-electron chi connectivity index (χ1n) is 4.13. The third-order valence-corrected chi connectivity index (χ3v) is 1.89. The van der Waals surface area contributed by atoms with Gasteiger partial charge in [0.05, 0.1) is 18.3 Å². The zero-order valence-corrected chi connectivity index (χ0v) is 7.32. The van der Waals surface area contributed by atoms with E-state index in [-0.39, 0.29) is 18.5 Å². The van der Waals surface area contributed by atoms with E-state index in [4.69, 9.17) is 16.9 Å². The molecular weight excluding hydrogens is 168 g/mol. The molecule has 1 heterocycles. The van der Waals surface area contributed by atoms with Crippen LogP contribution < -0.4 is 5.73 Å². The summed E-state index contributed by atoms with van der Waals surface area (Å²) in [6, 6.07) is 0. The molecule has 1 atom stereocenters.